The Bertz CT molecular complexity index is 422. The molecule has 0 spiro atoms. The van der Waals surface area contributed by atoms with E-state index < -0.39 is 17.9 Å². The van der Waals surface area contributed by atoms with Crippen molar-refractivity contribution in [2.75, 3.05) is 5.73 Å². The van der Waals surface area contributed by atoms with Crippen molar-refractivity contribution < 1.29 is 17.9 Å². The quantitative estimate of drug-likeness (QED) is 0.777. The molecule has 1 aromatic heterocycles. The Morgan fingerprint density at radius 1 is 1.53 bits per heavy atom. The standard InChI is InChI=1S/C8H6F3N3O/c1-4-5(3-12)2-6(7(13)14-4)15-8(9,10)11/h2H,1H3,(H2,13,14). The molecule has 1 aromatic rings. The molecule has 0 aliphatic carbocycles. The summed E-state index contributed by atoms with van der Waals surface area (Å²) in [6.07, 6.45) is -4.85. The highest BCUT2D eigenvalue weighted by Crippen LogP contribution is 2.28. The number of alkyl halides is 3. The molecular formula is C8H6F3N3O. The van der Waals surface area contributed by atoms with Gasteiger partial charge in [0.25, 0.3) is 0 Å². The Hall–Kier alpha value is -1.97. The minimum Gasteiger partial charge on any atom is -0.402 e. The average Bonchev–Trinajstić information content (AvgIpc) is 2.07. The molecule has 0 bridgehead atoms. The molecule has 15 heavy (non-hydrogen) atoms. The summed E-state index contributed by atoms with van der Waals surface area (Å²) < 4.78 is 39.2. The van der Waals surface area contributed by atoms with Gasteiger partial charge in [-0.3, -0.25) is 0 Å². The van der Waals surface area contributed by atoms with Crippen molar-refractivity contribution >= 4 is 5.82 Å². The van der Waals surface area contributed by atoms with Gasteiger partial charge in [-0.2, -0.15) is 5.26 Å². The molecule has 4 nitrogen and oxygen atoms in total. The fraction of sp³-hybridized carbons (Fsp3) is 0.250. The fourth-order valence-corrected chi connectivity index (χ4v) is 0.925. The molecule has 0 amide bonds. The van der Waals surface area contributed by atoms with Crippen LogP contribution < -0.4 is 10.5 Å². The summed E-state index contributed by atoms with van der Waals surface area (Å²) >= 11 is 0. The molecule has 1 rings (SSSR count). The largest absolute Gasteiger partial charge is 0.573 e. The number of ether oxygens (including phenoxy) is 1. The molecule has 80 valence electrons. The molecule has 0 radical (unpaired) electrons. The number of anilines is 1. The van der Waals surface area contributed by atoms with Crippen molar-refractivity contribution in [3.63, 3.8) is 0 Å². The predicted octanol–water partition coefficient (Wildman–Crippen LogP) is 1.74. The molecule has 0 aliphatic heterocycles. The zero-order chi connectivity index (χ0) is 11.6. The van der Waals surface area contributed by atoms with Crippen LogP contribution in [0.25, 0.3) is 0 Å². The molecule has 2 N–H and O–H groups in total. The third-order valence-corrected chi connectivity index (χ3v) is 1.55. The van der Waals surface area contributed by atoms with Gasteiger partial charge in [-0.1, -0.05) is 0 Å². The van der Waals surface area contributed by atoms with E-state index in [4.69, 9.17) is 11.0 Å². The summed E-state index contributed by atoms with van der Waals surface area (Å²) in [5, 5.41) is 8.56. The second-order valence-electron chi connectivity index (χ2n) is 2.66. The summed E-state index contributed by atoms with van der Waals surface area (Å²) in [4.78, 5) is 3.56. The maximum absolute atomic E-state index is 11.9. The molecule has 0 unspecified atom stereocenters. The number of pyridine rings is 1. The minimum atomic E-state index is -4.85. The molecule has 0 aliphatic rings. The van der Waals surface area contributed by atoms with Crippen LogP contribution in [0.15, 0.2) is 6.07 Å². The Labute approximate surface area is 83.1 Å². The first-order valence-corrected chi connectivity index (χ1v) is 3.76. The monoisotopic (exact) mass is 217 g/mol. The van der Waals surface area contributed by atoms with Crippen molar-refractivity contribution in [3.8, 4) is 11.8 Å². The highest BCUT2D eigenvalue weighted by molar-refractivity contribution is 5.52. The number of halogens is 3. The van der Waals surface area contributed by atoms with E-state index in [-0.39, 0.29) is 11.3 Å². The molecule has 7 heteroatoms. The predicted molar refractivity (Wildman–Crippen MR) is 44.8 cm³/mol. The van der Waals surface area contributed by atoms with Crippen LogP contribution in [-0.4, -0.2) is 11.3 Å². The molecule has 0 fully saturated rings. The van der Waals surface area contributed by atoms with E-state index in [1.54, 1.807) is 6.07 Å². The first kappa shape index (κ1) is 11.1. The van der Waals surface area contributed by atoms with Crippen LogP contribution in [0.1, 0.15) is 11.3 Å². The lowest BCUT2D eigenvalue weighted by Crippen LogP contribution is -2.18. The first-order chi connectivity index (χ1) is 6.83. The Morgan fingerprint density at radius 3 is 2.60 bits per heavy atom. The van der Waals surface area contributed by atoms with Crippen LogP contribution in [-0.2, 0) is 0 Å². The van der Waals surface area contributed by atoms with Gasteiger partial charge in [0.2, 0.25) is 0 Å². The van der Waals surface area contributed by atoms with Crippen molar-refractivity contribution in [2.45, 2.75) is 13.3 Å². The van der Waals surface area contributed by atoms with Crippen LogP contribution in [0.4, 0.5) is 19.0 Å². The molecule has 0 saturated carbocycles. The number of rotatable bonds is 1. The SMILES string of the molecule is Cc1nc(N)c(OC(F)(F)F)cc1C#N. The lowest BCUT2D eigenvalue weighted by atomic mass is 10.2. The summed E-state index contributed by atoms with van der Waals surface area (Å²) in [5.41, 5.74) is 5.45. The Morgan fingerprint density at radius 2 is 2.13 bits per heavy atom. The second-order valence-corrected chi connectivity index (χ2v) is 2.66. The normalized spacial score (nSPS) is 10.9. The van der Waals surface area contributed by atoms with Gasteiger partial charge in [0.05, 0.1) is 11.3 Å². The van der Waals surface area contributed by atoms with Gasteiger partial charge < -0.3 is 10.5 Å². The summed E-state index contributed by atoms with van der Waals surface area (Å²) in [7, 11) is 0. The summed E-state index contributed by atoms with van der Waals surface area (Å²) in [6, 6.07) is 2.59. The molecular weight excluding hydrogens is 211 g/mol. The van der Waals surface area contributed by atoms with Crippen molar-refractivity contribution in [1.29, 1.82) is 5.26 Å². The van der Waals surface area contributed by atoms with Crippen LogP contribution in [0.2, 0.25) is 0 Å². The number of aryl methyl sites for hydroxylation is 1. The summed E-state index contributed by atoms with van der Waals surface area (Å²) in [6.45, 7) is 1.46. The van der Waals surface area contributed by atoms with Crippen molar-refractivity contribution in [3.05, 3.63) is 17.3 Å². The van der Waals surface area contributed by atoms with Crippen molar-refractivity contribution in [2.24, 2.45) is 0 Å². The lowest BCUT2D eigenvalue weighted by molar-refractivity contribution is -0.274. The van der Waals surface area contributed by atoms with E-state index in [1.165, 1.54) is 6.92 Å². The number of nitrogen functional groups attached to an aromatic ring is 1. The number of nitrogens with zero attached hydrogens (tertiary/aromatic N) is 2. The zero-order valence-corrected chi connectivity index (χ0v) is 7.59. The van der Waals surface area contributed by atoms with Gasteiger partial charge >= 0.3 is 6.36 Å². The number of hydrogen-bond donors (Lipinski definition) is 1. The third kappa shape index (κ3) is 2.74. The maximum Gasteiger partial charge on any atom is 0.573 e. The van der Waals surface area contributed by atoms with Gasteiger partial charge in [-0.25, -0.2) is 4.98 Å². The van der Waals surface area contributed by atoms with E-state index in [0.29, 0.717) is 0 Å². The van der Waals surface area contributed by atoms with E-state index in [2.05, 4.69) is 9.72 Å². The number of aromatic nitrogens is 1. The van der Waals surface area contributed by atoms with E-state index in [9.17, 15) is 13.2 Å². The smallest absolute Gasteiger partial charge is 0.402 e. The van der Waals surface area contributed by atoms with Gasteiger partial charge in [0, 0.05) is 6.07 Å². The van der Waals surface area contributed by atoms with E-state index in [0.717, 1.165) is 6.07 Å². The van der Waals surface area contributed by atoms with Crippen LogP contribution in [0.5, 0.6) is 5.75 Å². The zero-order valence-electron chi connectivity index (χ0n) is 7.59. The van der Waals surface area contributed by atoms with Gasteiger partial charge in [0.1, 0.15) is 6.07 Å². The number of nitrogens with two attached hydrogens (primary N) is 1. The van der Waals surface area contributed by atoms with Crippen molar-refractivity contribution in [1.82, 2.24) is 4.98 Å². The van der Waals surface area contributed by atoms with E-state index >= 15 is 0 Å². The lowest BCUT2D eigenvalue weighted by Gasteiger charge is -2.11. The molecule has 0 aromatic carbocycles. The average molecular weight is 217 g/mol. The minimum absolute atomic E-state index is 0.0107. The number of hydrogen-bond acceptors (Lipinski definition) is 4. The molecule has 1 heterocycles. The van der Waals surface area contributed by atoms with Crippen LogP contribution in [0, 0.1) is 18.3 Å². The fourth-order valence-electron chi connectivity index (χ4n) is 0.925. The van der Waals surface area contributed by atoms with Gasteiger partial charge in [0.15, 0.2) is 11.6 Å². The Kier molecular flexibility index (Phi) is 2.70. The maximum atomic E-state index is 11.9. The third-order valence-electron chi connectivity index (χ3n) is 1.55. The second kappa shape index (κ2) is 3.65. The van der Waals surface area contributed by atoms with Gasteiger partial charge in [-0.05, 0) is 6.92 Å². The topological polar surface area (TPSA) is 71.9 Å². The molecule has 0 atom stereocenters. The highest BCUT2D eigenvalue weighted by atomic mass is 19.4. The molecule has 0 saturated heterocycles. The summed E-state index contributed by atoms with van der Waals surface area (Å²) in [5.74, 6) is -1.06. The first-order valence-electron chi connectivity index (χ1n) is 3.76. The van der Waals surface area contributed by atoms with E-state index in [1.807, 2.05) is 0 Å². The van der Waals surface area contributed by atoms with Gasteiger partial charge in [-0.15, -0.1) is 13.2 Å². The Balaban J connectivity index is 3.15. The van der Waals surface area contributed by atoms with Crippen LogP contribution >= 0.6 is 0 Å². The number of nitriles is 1. The van der Waals surface area contributed by atoms with Crippen LogP contribution in [0.3, 0.4) is 0 Å². The highest BCUT2D eigenvalue weighted by Gasteiger charge is 2.32.